The van der Waals surface area contributed by atoms with Crippen LogP contribution in [0.25, 0.3) is 0 Å². The zero-order chi connectivity index (χ0) is 6.28. The van der Waals surface area contributed by atoms with Gasteiger partial charge in [-0.05, 0) is 0 Å². The zero-order valence-electron chi connectivity index (χ0n) is 5.16. The van der Waals surface area contributed by atoms with E-state index >= 15 is 0 Å². The molecule has 0 saturated carbocycles. The first-order valence-corrected chi connectivity index (χ1v) is 1.10. The molecule has 0 rings (SSSR count). The fourth-order valence-corrected chi connectivity index (χ4v) is 0. The van der Waals surface area contributed by atoms with E-state index in [0.29, 0.717) is 0 Å². The minimum atomic E-state index is -2.08. The summed E-state index contributed by atoms with van der Waals surface area (Å²) in [7, 11) is 0. The van der Waals surface area contributed by atoms with Gasteiger partial charge in [-0.3, -0.25) is 0 Å². The molecule has 0 aliphatic carbocycles. The maximum Gasteiger partial charge on any atom is 1.00 e. The van der Waals surface area contributed by atoms with Crippen molar-refractivity contribution in [3.8, 4) is 0 Å². The van der Waals surface area contributed by atoms with E-state index in [1.807, 2.05) is 0 Å². The first-order chi connectivity index (χ1) is 3.15. The van der Waals surface area contributed by atoms with Crippen LogP contribution in [0.3, 0.4) is 0 Å². The van der Waals surface area contributed by atoms with E-state index in [0.717, 1.165) is 0 Å². The Balaban J connectivity index is -0.0000000233. The van der Waals surface area contributed by atoms with Crippen LogP contribution in [-0.2, 0) is 4.79 Å². The number of hydrogen-bond donors (Lipinski definition) is 1. The Morgan fingerprint density at radius 1 is 1.44 bits per heavy atom. The average molecular weight is 152 g/mol. The van der Waals surface area contributed by atoms with E-state index in [4.69, 9.17) is 24.9 Å². The van der Waals surface area contributed by atoms with Crippen molar-refractivity contribution in [3.63, 3.8) is 0 Å². The Hall–Kier alpha value is 0.740. The summed E-state index contributed by atoms with van der Waals surface area (Å²) in [5, 5.41) is 23.6. The van der Waals surface area contributed by atoms with Crippen LogP contribution < -0.4 is 69.3 Å². The van der Waals surface area contributed by atoms with Crippen LogP contribution in [0.1, 0.15) is 0 Å². The van der Waals surface area contributed by atoms with Crippen LogP contribution >= 0.6 is 0 Å². The van der Waals surface area contributed by atoms with Crippen molar-refractivity contribution in [1.29, 1.82) is 0 Å². The quantitative estimate of drug-likeness (QED) is 0.274. The number of carbonyl (C=O) groups is 2. The van der Waals surface area contributed by atoms with Crippen molar-refractivity contribution in [1.82, 2.24) is 0 Å². The largest absolute Gasteiger partial charge is 1.00 e. The van der Waals surface area contributed by atoms with Gasteiger partial charge in [0, 0.05) is 6.47 Å². The van der Waals surface area contributed by atoms with Crippen LogP contribution in [0.15, 0.2) is 0 Å². The standard InChI is InChI=1S/CH2O3.CH2O2.2Na/c2-1(3)4;2-1-3;;/h(H2,2,3,4);1H,(H,2,3);;/q;;2*+1/p-2. The van der Waals surface area contributed by atoms with Gasteiger partial charge in [0.15, 0.2) is 0 Å². The molecule has 0 fully saturated rings. The molecule has 0 heterocycles. The second-order valence-corrected chi connectivity index (χ2v) is 0.362. The second-order valence-electron chi connectivity index (χ2n) is 0.362. The van der Waals surface area contributed by atoms with Crippen LogP contribution in [0, 0.1) is 0 Å². The molecule has 0 bridgehead atoms. The molecule has 0 spiro atoms. The summed E-state index contributed by atoms with van der Waals surface area (Å²) in [4.78, 5) is 16.7. The molecular weight excluding hydrogens is 150 g/mol. The fraction of sp³-hybridized carbons (Fsp3) is 0. The van der Waals surface area contributed by atoms with Gasteiger partial charge in [-0.2, -0.15) is 0 Å². The van der Waals surface area contributed by atoms with Gasteiger partial charge in [0.05, 0.1) is 0 Å². The van der Waals surface area contributed by atoms with Crippen molar-refractivity contribution in [2.45, 2.75) is 0 Å². The topological polar surface area (TPSA) is 100 Å². The van der Waals surface area contributed by atoms with Crippen molar-refractivity contribution < 1.29 is 84.0 Å². The van der Waals surface area contributed by atoms with E-state index in [-0.39, 0.29) is 59.1 Å². The molecule has 0 radical (unpaired) electrons. The predicted octanol–water partition coefficient (Wildman–Crippen LogP) is -8.74. The molecule has 0 aliphatic rings. The van der Waals surface area contributed by atoms with E-state index < -0.39 is 12.6 Å². The molecule has 0 amide bonds. The SMILES string of the molecule is O=C([O-])O.O=C[O-].[Na+].[Na+]. The third kappa shape index (κ3) is 725. The Labute approximate surface area is 95.6 Å². The van der Waals surface area contributed by atoms with Crippen molar-refractivity contribution in [2.24, 2.45) is 0 Å². The van der Waals surface area contributed by atoms with Gasteiger partial charge in [0.25, 0.3) is 0 Å². The third-order valence-electron chi connectivity index (χ3n) is 0. The van der Waals surface area contributed by atoms with Crippen LogP contribution in [0.5, 0.6) is 0 Å². The molecular formula is C2H2Na2O5. The van der Waals surface area contributed by atoms with Gasteiger partial charge >= 0.3 is 59.1 Å². The third-order valence-corrected chi connectivity index (χ3v) is 0. The first-order valence-electron chi connectivity index (χ1n) is 1.10. The average Bonchev–Trinajstić information content (AvgIpc) is 1.33. The summed E-state index contributed by atoms with van der Waals surface area (Å²) in [6, 6.07) is 0. The van der Waals surface area contributed by atoms with Crippen molar-refractivity contribution in [3.05, 3.63) is 0 Å². The van der Waals surface area contributed by atoms with Crippen LogP contribution in [0.4, 0.5) is 4.79 Å². The fourth-order valence-electron chi connectivity index (χ4n) is 0. The smallest absolute Gasteiger partial charge is 0.565 e. The Morgan fingerprint density at radius 2 is 1.44 bits per heavy atom. The van der Waals surface area contributed by atoms with Gasteiger partial charge in [-0.15, -0.1) is 0 Å². The number of carboxylic acid groups (broad SMARTS) is 3. The predicted molar refractivity (Wildman–Crippen MR) is 14.1 cm³/mol. The van der Waals surface area contributed by atoms with Gasteiger partial charge in [0.2, 0.25) is 6.16 Å². The summed E-state index contributed by atoms with van der Waals surface area (Å²) in [5.74, 6) is 0. The summed E-state index contributed by atoms with van der Waals surface area (Å²) in [6.07, 6.45) is -2.08. The molecule has 0 aliphatic heterocycles. The number of rotatable bonds is 0. The first kappa shape index (κ1) is 22.6. The molecule has 0 atom stereocenters. The van der Waals surface area contributed by atoms with Gasteiger partial charge in [-0.25, -0.2) is 0 Å². The minimum Gasteiger partial charge on any atom is -0.565 e. The van der Waals surface area contributed by atoms with Gasteiger partial charge < -0.3 is 24.9 Å². The Morgan fingerprint density at radius 3 is 1.44 bits per heavy atom. The van der Waals surface area contributed by atoms with Gasteiger partial charge in [0.1, 0.15) is 0 Å². The number of hydrogen-bond acceptors (Lipinski definition) is 4. The molecule has 1 N–H and O–H groups in total. The van der Waals surface area contributed by atoms with Crippen molar-refractivity contribution in [2.75, 3.05) is 0 Å². The zero-order valence-corrected chi connectivity index (χ0v) is 9.16. The van der Waals surface area contributed by atoms with Crippen molar-refractivity contribution >= 4 is 12.6 Å². The molecule has 0 aromatic rings. The van der Waals surface area contributed by atoms with E-state index in [1.54, 1.807) is 0 Å². The minimum absolute atomic E-state index is 0. The molecule has 0 unspecified atom stereocenters. The molecule has 42 valence electrons. The molecule has 0 saturated heterocycles. The molecule has 0 aromatic heterocycles. The maximum absolute atomic E-state index is 8.44. The summed E-state index contributed by atoms with van der Waals surface area (Å²) >= 11 is 0. The normalized spacial score (nSPS) is 4.00. The maximum atomic E-state index is 8.44. The summed E-state index contributed by atoms with van der Waals surface area (Å²) < 4.78 is 0. The van der Waals surface area contributed by atoms with E-state index in [9.17, 15) is 0 Å². The Kier molecular flexibility index (Phi) is 58.5. The van der Waals surface area contributed by atoms with Crippen LogP contribution in [-0.4, -0.2) is 17.7 Å². The van der Waals surface area contributed by atoms with Gasteiger partial charge in [-0.1, -0.05) is 0 Å². The molecule has 0 aromatic carbocycles. The van der Waals surface area contributed by atoms with Crippen LogP contribution in [0.2, 0.25) is 0 Å². The summed E-state index contributed by atoms with van der Waals surface area (Å²) in [5.41, 5.74) is 0. The summed E-state index contributed by atoms with van der Waals surface area (Å²) in [6.45, 7) is -0.500. The van der Waals surface area contributed by atoms with E-state index in [1.165, 1.54) is 0 Å². The monoisotopic (exact) mass is 152 g/mol. The Bertz CT molecular complexity index is 60.0. The second kappa shape index (κ2) is 23.3. The molecule has 7 heteroatoms. The van der Waals surface area contributed by atoms with E-state index in [2.05, 4.69) is 0 Å². The number of carbonyl (C=O) groups excluding carboxylic acids is 1. The molecule has 5 nitrogen and oxygen atoms in total. The molecule has 9 heavy (non-hydrogen) atoms.